The van der Waals surface area contributed by atoms with E-state index in [0.29, 0.717) is 12.5 Å². The van der Waals surface area contributed by atoms with E-state index in [2.05, 4.69) is 30.5 Å². The van der Waals surface area contributed by atoms with Crippen LogP contribution in [0.2, 0.25) is 0 Å². The van der Waals surface area contributed by atoms with E-state index in [1.54, 1.807) is 6.92 Å². The molecule has 0 saturated carbocycles. The Morgan fingerprint density at radius 3 is 2.56 bits per heavy atom. The summed E-state index contributed by atoms with van der Waals surface area (Å²) in [6, 6.07) is 0.571. The van der Waals surface area contributed by atoms with E-state index in [4.69, 9.17) is 5.73 Å². The minimum atomic E-state index is -0.856. The van der Waals surface area contributed by atoms with Crippen molar-refractivity contribution in [1.29, 1.82) is 0 Å². The molecule has 0 aliphatic carbocycles. The van der Waals surface area contributed by atoms with E-state index in [-0.39, 0.29) is 5.97 Å². The minimum Gasteiger partial charge on any atom is -0.468 e. The molecule has 0 bridgehead atoms. The van der Waals surface area contributed by atoms with E-state index in [1.807, 2.05) is 0 Å². The van der Waals surface area contributed by atoms with Crippen molar-refractivity contribution < 1.29 is 9.53 Å². The number of methoxy groups -OCH3 is 1. The first-order valence-corrected chi connectivity index (χ1v) is 5.92. The molecule has 16 heavy (non-hydrogen) atoms. The Kier molecular flexibility index (Phi) is 6.60. The van der Waals surface area contributed by atoms with Gasteiger partial charge in [0.2, 0.25) is 0 Å². The number of carbonyl (C=O) groups is 1. The zero-order chi connectivity index (χ0) is 12.8. The van der Waals surface area contributed by atoms with Gasteiger partial charge in [-0.3, -0.25) is 4.79 Å². The van der Waals surface area contributed by atoms with Crippen molar-refractivity contribution in [1.82, 2.24) is 4.90 Å². The van der Waals surface area contributed by atoms with Gasteiger partial charge in [0.05, 0.1) is 7.11 Å². The fourth-order valence-electron chi connectivity index (χ4n) is 1.56. The molecule has 0 aliphatic rings. The molecule has 96 valence electrons. The Hall–Kier alpha value is -0.610. The average Bonchev–Trinajstić information content (AvgIpc) is 2.26. The third-order valence-corrected chi connectivity index (χ3v) is 3.20. The van der Waals surface area contributed by atoms with Crippen LogP contribution in [0.5, 0.6) is 0 Å². The standard InChI is InChI=1S/C12H26N2O2/c1-6-10(2)14(4)9-7-8-12(3,13)11(15)16-5/h10H,6-9,13H2,1-5H3. The lowest BCUT2D eigenvalue weighted by atomic mass is 9.97. The average molecular weight is 230 g/mol. The van der Waals surface area contributed by atoms with Crippen molar-refractivity contribution >= 4 is 5.97 Å². The molecule has 0 saturated heterocycles. The second-order valence-corrected chi connectivity index (χ2v) is 4.75. The molecule has 0 heterocycles. The predicted molar refractivity (Wildman–Crippen MR) is 66.2 cm³/mol. The summed E-state index contributed by atoms with van der Waals surface area (Å²) in [6.07, 6.45) is 2.69. The number of hydrogen-bond acceptors (Lipinski definition) is 4. The monoisotopic (exact) mass is 230 g/mol. The third-order valence-electron chi connectivity index (χ3n) is 3.20. The number of hydrogen-bond donors (Lipinski definition) is 1. The van der Waals surface area contributed by atoms with Crippen molar-refractivity contribution in [2.75, 3.05) is 20.7 Å². The van der Waals surface area contributed by atoms with Gasteiger partial charge in [-0.05, 0) is 46.7 Å². The summed E-state index contributed by atoms with van der Waals surface area (Å²) in [5.74, 6) is -0.335. The van der Waals surface area contributed by atoms with E-state index in [9.17, 15) is 4.79 Å². The highest BCUT2D eigenvalue weighted by Crippen LogP contribution is 2.12. The van der Waals surface area contributed by atoms with Crippen molar-refractivity contribution in [2.24, 2.45) is 5.73 Å². The lowest BCUT2D eigenvalue weighted by Gasteiger charge is -2.26. The van der Waals surface area contributed by atoms with Crippen LogP contribution in [0.4, 0.5) is 0 Å². The number of ether oxygens (including phenoxy) is 1. The van der Waals surface area contributed by atoms with Crippen molar-refractivity contribution in [3.8, 4) is 0 Å². The Balaban J connectivity index is 3.93. The largest absolute Gasteiger partial charge is 0.468 e. The number of carbonyl (C=O) groups excluding carboxylic acids is 1. The van der Waals surface area contributed by atoms with Gasteiger partial charge in [0, 0.05) is 6.04 Å². The molecule has 4 heteroatoms. The van der Waals surface area contributed by atoms with Crippen LogP contribution in [-0.2, 0) is 9.53 Å². The topological polar surface area (TPSA) is 55.6 Å². The van der Waals surface area contributed by atoms with Gasteiger partial charge in [0.25, 0.3) is 0 Å². The number of nitrogens with zero attached hydrogens (tertiary/aromatic N) is 1. The summed E-state index contributed by atoms with van der Waals surface area (Å²) in [5.41, 5.74) is 5.02. The SMILES string of the molecule is CCC(C)N(C)CCCC(C)(N)C(=O)OC. The predicted octanol–water partition coefficient (Wildman–Crippen LogP) is 1.39. The zero-order valence-corrected chi connectivity index (χ0v) is 11.2. The van der Waals surface area contributed by atoms with Gasteiger partial charge >= 0.3 is 5.97 Å². The first-order valence-electron chi connectivity index (χ1n) is 5.92. The smallest absolute Gasteiger partial charge is 0.325 e. The molecule has 0 rings (SSSR count). The molecular formula is C12H26N2O2. The molecule has 0 aromatic heterocycles. The molecule has 0 fully saturated rings. The van der Waals surface area contributed by atoms with Crippen LogP contribution in [0, 0.1) is 0 Å². The first-order chi connectivity index (χ1) is 7.35. The quantitative estimate of drug-likeness (QED) is 0.671. The second kappa shape index (κ2) is 6.86. The van der Waals surface area contributed by atoms with E-state index in [0.717, 1.165) is 19.4 Å². The van der Waals surface area contributed by atoms with Crippen LogP contribution < -0.4 is 5.73 Å². The molecule has 0 aromatic rings. The highest BCUT2D eigenvalue weighted by molar-refractivity contribution is 5.79. The van der Waals surface area contributed by atoms with Gasteiger partial charge < -0.3 is 15.4 Å². The van der Waals surface area contributed by atoms with Crippen molar-refractivity contribution in [2.45, 2.75) is 51.6 Å². The van der Waals surface area contributed by atoms with Crippen LogP contribution in [-0.4, -0.2) is 43.2 Å². The maximum atomic E-state index is 11.3. The van der Waals surface area contributed by atoms with Crippen LogP contribution in [0.25, 0.3) is 0 Å². The summed E-state index contributed by atoms with van der Waals surface area (Å²) in [5, 5.41) is 0. The minimum absolute atomic E-state index is 0.335. The summed E-state index contributed by atoms with van der Waals surface area (Å²) in [7, 11) is 3.47. The molecular weight excluding hydrogens is 204 g/mol. The zero-order valence-electron chi connectivity index (χ0n) is 11.2. The van der Waals surface area contributed by atoms with Crippen LogP contribution >= 0.6 is 0 Å². The van der Waals surface area contributed by atoms with Gasteiger partial charge in [0.15, 0.2) is 0 Å². The van der Waals surface area contributed by atoms with Gasteiger partial charge in [-0.1, -0.05) is 6.92 Å². The molecule has 0 aromatic carbocycles. The van der Waals surface area contributed by atoms with Crippen molar-refractivity contribution in [3.63, 3.8) is 0 Å². The maximum Gasteiger partial charge on any atom is 0.325 e. The summed E-state index contributed by atoms with van der Waals surface area (Å²) >= 11 is 0. The number of nitrogens with two attached hydrogens (primary N) is 1. The lowest BCUT2D eigenvalue weighted by Crippen LogP contribution is -2.46. The Morgan fingerprint density at radius 2 is 2.12 bits per heavy atom. The normalized spacial score (nSPS) is 16.9. The molecule has 2 unspecified atom stereocenters. The van der Waals surface area contributed by atoms with Crippen LogP contribution in [0.3, 0.4) is 0 Å². The van der Waals surface area contributed by atoms with Crippen LogP contribution in [0.15, 0.2) is 0 Å². The highest BCUT2D eigenvalue weighted by atomic mass is 16.5. The summed E-state index contributed by atoms with van der Waals surface area (Å²) in [4.78, 5) is 13.6. The molecule has 2 N–H and O–H groups in total. The van der Waals surface area contributed by atoms with Gasteiger partial charge in [0.1, 0.15) is 5.54 Å². The van der Waals surface area contributed by atoms with Crippen molar-refractivity contribution in [3.05, 3.63) is 0 Å². The fourth-order valence-corrected chi connectivity index (χ4v) is 1.56. The fraction of sp³-hybridized carbons (Fsp3) is 0.917. The maximum absolute atomic E-state index is 11.3. The van der Waals surface area contributed by atoms with E-state index < -0.39 is 5.54 Å². The van der Waals surface area contributed by atoms with E-state index in [1.165, 1.54) is 7.11 Å². The van der Waals surface area contributed by atoms with Crippen LogP contribution in [0.1, 0.15) is 40.0 Å². The Bertz CT molecular complexity index is 217. The summed E-state index contributed by atoms with van der Waals surface area (Å²) in [6.45, 7) is 7.05. The Morgan fingerprint density at radius 1 is 1.56 bits per heavy atom. The molecule has 4 nitrogen and oxygen atoms in total. The van der Waals surface area contributed by atoms with E-state index >= 15 is 0 Å². The second-order valence-electron chi connectivity index (χ2n) is 4.75. The molecule has 0 aliphatic heterocycles. The van der Waals surface area contributed by atoms with Gasteiger partial charge in [-0.2, -0.15) is 0 Å². The number of esters is 1. The van der Waals surface area contributed by atoms with Gasteiger partial charge in [-0.25, -0.2) is 0 Å². The highest BCUT2D eigenvalue weighted by Gasteiger charge is 2.28. The molecule has 0 radical (unpaired) electrons. The molecule has 2 atom stereocenters. The first kappa shape index (κ1) is 15.4. The molecule has 0 spiro atoms. The molecule has 0 amide bonds. The Labute approximate surface area is 99.1 Å². The number of rotatable bonds is 7. The third kappa shape index (κ3) is 4.94. The van der Waals surface area contributed by atoms with Gasteiger partial charge in [-0.15, -0.1) is 0 Å². The summed E-state index contributed by atoms with van der Waals surface area (Å²) < 4.78 is 4.66. The lowest BCUT2D eigenvalue weighted by molar-refractivity contribution is -0.146.